The third kappa shape index (κ3) is 3.96. The molecular weight excluding hydrogens is 300 g/mol. The molecule has 0 radical (unpaired) electrons. The number of nitrogens with zero attached hydrogens (tertiary/aromatic N) is 1. The summed E-state index contributed by atoms with van der Waals surface area (Å²) < 4.78 is 1.18. The Labute approximate surface area is 125 Å². The first-order valence-electron chi connectivity index (χ1n) is 7.30. The van der Waals surface area contributed by atoms with E-state index in [9.17, 15) is 0 Å². The standard InChI is InChI=1S/C16H25BrN2/c1-11(2)8-9-19(14-5-6-14)16-7-4-13(12(3)18)10-15(16)17/h4,7,10-12,14H,5-6,8-9,18H2,1-3H3/t12-/m0/s1. The third-order valence-corrected chi connectivity index (χ3v) is 4.38. The summed E-state index contributed by atoms with van der Waals surface area (Å²) in [4.78, 5) is 2.56. The maximum atomic E-state index is 5.94. The molecule has 1 aliphatic carbocycles. The van der Waals surface area contributed by atoms with Crippen molar-refractivity contribution in [3.63, 3.8) is 0 Å². The minimum atomic E-state index is 0.0930. The van der Waals surface area contributed by atoms with Crippen molar-refractivity contribution < 1.29 is 0 Å². The zero-order valence-corrected chi connectivity index (χ0v) is 13.8. The molecule has 2 nitrogen and oxygen atoms in total. The van der Waals surface area contributed by atoms with Gasteiger partial charge in [-0.25, -0.2) is 0 Å². The lowest BCUT2D eigenvalue weighted by atomic mass is 10.1. The van der Waals surface area contributed by atoms with Crippen LogP contribution in [0.1, 0.15) is 51.6 Å². The van der Waals surface area contributed by atoms with Crippen LogP contribution >= 0.6 is 15.9 Å². The first-order chi connectivity index (χ1) is 8.99. The van der Waals surface area contributed by atoms with E-state index in [1.54, 1.807) is 0 Å². The van der Waals surface area contributed by atoms with E-state index < -0.39 is 0 Å². The highest BCUT2D eigenvalue weighted by Crippen LogP contribution is 2.37. The third-order valence-electron chi connectivity index (χ3n) is 3.74. The van der Waals surface area contributed by atoms with Crippen LogP contribution in [-0.4, -0.2) is 12.6 Å². The molecule has 0 aliphatic heterocycles. The molecule has 0 heterocycles. The normalized spacial score (nSPS) is 16.7. The van der Waals surface area contributed by atoms with Crippen LogP contribution in [0.3, 0.4) is 0 Å². The van der Waals surface area contributed by atoms with Crippen molar-refractivity contribution in [1.29, 1.82) is 0 Å². The minimum absolute atomic E-state index is 0.0930. The molecule has 19 heavy (non-hydrogen) atoms. The van der Waals surface area contributed by atoms with Gasteiger partial charge in [0, 0.05) is 23.1 Å². The summed E-state index contributed by atoms with van der Waals surface area (Å²) in [7, 11) is 0. The van der Waals surface area contributed by atoms with Crippen LogP contribution in [0.25, 0.3) is 0 Å². The van der Waals surface area contributed by atoms with Gasteiger partial charge in [0.1, 0.15) is 0 Å². The van der Waals surface area contributed by atoms with Gasteiger partial charge in [-0.3, -0.25) is 0 Å². The first-order valence-corrected chi connectivity index (χ1v) is 8.10. The average molecular weight is 325 g/mol. The number of anilines is 1. The number of rotatable bonds is 6. The highest BCUT2D eigenvalue weighted by molar-refractivity contribution is 9.10. The largest absolute Gasteiger partial charge is 0.368 e. The van der Waals surface area contributed by atoms with E-state index in [2.05, 4.69) is 52.9 Å². The van der Waals surface area contributed by atoms with Crippen LogP contribution in [0.2, 0.25) is 0 Å². The van der Waals surface area contributed by atoms with Gasteiger partial charge in [0.15, 0.2) is 0 Å². The molecule has 3 heteroatoms. The fourth-order valence-electron chi connectivity index (χ4n) is 2.32. The Morgan fingerprint density at radius 1 is 1.32 bits per heavy atom. The highest BCUT2D eigenvalue weighted by atomic mass is 79.9. The highest BCUT2D eigenvalue weighted by Gasteiger charge is 2.30. The van der Waals surface area contributed by atoms with E-state index in [0.29, 0.717) is 0 Å². The fourth-order valence-corrected chi connectivity index (χ4v) is 2.95. The lowest BCUT2D eigenvalue weighted by molar-refractivity contribution is 0.570. The minimum Gasteiger partial charge on any atom is -0.368 e. The van der Waals surface area contributed by atoms with Gasteiger partial charge in [-0.2, -0.15) is 0 Å². The molecule has 0 bridgehead atoms. The van der Waals surface area contributed by atoms with E-state index in [-0.39, 0.29) is 6.04 Å². The van der Waals surface area contributed by atoms with E-state index in [1.807, 2.05) is 6.92 Å². The molecule has 1 aromatic rings. The molecule has 106 valence electrons. The molecule has 1 aliphatic rings. The van der Waals surface area contributed by atoms with Crippen LogP contribution in [0.15, 0.2) is 22.7 Å². The van der Waals surface area contributed by atoms with Crippen molar-refractivity contribution in [1.82, 2.24) is 0 Å². The van der Waals surface area contributed by atoms with Gasteiger partial charge in [-0.1, -0.05) is 19.9 Å². The van der Waals surface area contributed by atoms with Gasteiger partial charge in [-0.05, 0) is 65.7 Å². The molecule has 2 rings (SSSR count). The van der Waals surface area contributed by atoms with E-state index in [1.165, 1.54) is 35.0 Å². The Balaban J connectivity index is 2.17. The van der Waals surface area contributed by atoms with Gasteiger partial charge in [0.2, 0.25) is 0 Å². The number of nitrogens with two attached hydrogens (primary N) is 1. The Kier molecular flexibility index (Phi) is 4.91. The van der Waals surface area contributed by atoms with Gasteiger partial charge in [0.25, 0.3) is 0 Å². The second-order valence-corrected chi connectivity index (χ2v) is 6.96. The Morgan fingerprint density at radius 3 is 2.47 bits per heavy atom. The summed E-state index contributed by atoms with van der Waals surface area (Å²) in [6, 6.07) is 7.40. The Morgan fingerprint density at radius 2 is 2.00 bits per heavy atom. The lowest BCUT2D eigenvalue weighted by Gasteiger charge is -2.27. The van der Waals surface area contributed by atoms with E-state index >= 15 is 0 Å². The molecule has 2 N–H and O–H groups in total. The molecular formula is C16H25BrN2. The van der Waals surface area contributed by atoms with Crippen molar-refractivity contribution in [3.8, 4) is 0 Å². The summed E-state index contributed by atoms with van der Waals surface area (Å²) in [6.07, 6.45) is 3.91. The Bertz CT molecular complexity index is 425. The fraction of sp³-hybridized carbons (Fsp3) is 0.625. The molecule has 1 saturated carbocycles. The predicted octanol–water partition coefficient (Wildman–Crippen LogP) is 4.48. The number of hydrogen-bond acceptors (Lipinski definition) is 2. The van der Waals surface area contributed by atoms with Crippen molar-refractivity contribution in [2.75, 3.05) is 11.4 Å². The van der Waals surface area contributed by atoms with Crippen LogP contribution in [-0.2, 0) is 0 Å². The number of hydrogen-bond donors (Lipinski definition) is 1. The molecule has 0 amide bonds. The van der Waals surface area contributed by atoms with Gasteiger partial charge < -0.3 is 10.6 Å². The summed E-state index contributed by atoms with van der Waals surface area (Å²) in [5, 5.41) is 0. The molecule has 0 unspecified atom stereocenters. The van der Waals surface area contributed by atoms with Crippen molar-refractivity contribution >= 4 is 21.6 Å². The van der Waals surface area contributed by atoms with Gasteiger partial charge in [0.05, 0.1) is 5.69 Å². The van der Waals surface area contributed by atoms with Crippen molar-refractivity contribution in [3.05, 3.63) is 28.2 Å². The summed E-state index contributed by atoms with van der Waals surface area (Å²) in [5.74, 6) is 0.753. The summed E-state index contributed by atoms with van der Waals surface area (Å²) in [5.41, 5.74) is 8.46. The van der Waals surface area contributed by atoms with Crippen molar-refractivity contribution in [2.24, 2.45) is 11.7 Å². The van der Waals surface area contributed by atoms with E-state index in [0.717, 1.165) is 18.5 Å². The Hall–Kier alpha value is -0.540. The van der Waals surface area contributed by atoms with Crippen LogP contribution in [0.4, 0.5) is 5.69 Å². The van der Waals surface area contributed by atoms with Crippen LogP contribution < -0.4 is 10.6 Å². The van der Waals surface area contributed by atoms with Crippen LogP contribution in [0.5, 0.6) is 0 Å². The SMILES string of the molecule is CC(C)CCN(c1ccc([C@H](C)N)cc1Br)C1CC1. The smallest absolute Gasteiger partial charge is 0.0513 e. The van der Waals surface area contributed by atoms with Crippen LogP contribution in [0, 0.1) is 5.92 Å². The molecule has 0 aromatic heterocycles. The number of halogens is 1. The molecule has 0 spiro atoms. The molecule has 1 fully saturated rings. The summed E-state index contributed by atoms with van der Waals surface area (Å²) >= 11 is 3.72. The first kappa shape index (κ1) is 14.9. The maximum absolute atomic E-state index is 5.94. The lowest BCUT2D eigenvalue weighted by Crippen LogP contribution is -2.28. The second kappa shape index (κ2) is 6.27. The topological polar surface area (TPSA) is 29.3 Å². The average Bonchev–Trinajstić information content (AvgIpc) is 3.14. The van der Waals surface area contributed by atoms with Gasteiger partial charge in [-0.15, -0.1) is 0 Å². The van der Waals surface area contributed by atoms with Crippen molar-refractivity contribution in [2.45, 2.75) is 52.1 Å². The maximum Gasteiger partial charge on any atom is 0.0513 e. The predicted molar refractivity (Wildman–Crippen MR) is 86.6 cm³/mol. The van der Waals surface area contributed by atoms with E-state index in [4.69, 9.17) is 5.73 Å². The summed E-state index contributed by atoms with van der Waals surface area (Å²) in [6.45, 7) is 7.76. The monoisotopic (exact) mass is 324 g/mol. The molecule has 1 aromatic carbocycles. The molecule has 0 saturated heterocycles. The number of benzene rings is 1. The van der Waals surface area contributed by atoms with Gasteiger partial charge >= 0.3 is 0 Å². The molecule has 1 atom stereocenters. The quantitative estimate of drug-likeness (QED) is 0.835. The zero-order valence-electron chi connectivity index (χ0n) is 12.2. The zero-order chi connectivity index (χ0) is 14.0. The second-order valence-electron chi connectivity index (χ2n) is 6.11.